The Morgan fingerprint density at radius 2 is 1.62 bits per heavy atom. The third kappa shape index (κ3) is 3.98. The van der Waals surface area contributed by atoms with Gasteiger partial charge in [0.05, 0.1) is 6.54 Å². The summed E-state index contributed by atoms with van der Waals surface area (Å²) in [5.74, 6) is 3.10. The predicted molar refractivity (Wildman–Crippen MR) is 111 cm³/mol. The summed E-state index contributed by atoms with van der Waals surface area (Å²) in [6.07, 6.45) is 2.12. The van der Waals surface area contributed by atoms with Crippen LogP contribution in [0, 0.1) is 0 Å². The number of aromatic amines is 1. The van der Waals surface area contributed by atoms with E-state index in [-0.39, 0.29) is 0 Å². The minimum Gasteiger partial charge on any atom is -0.359 e. The molecular formula is C23H23N5O. The molecule has 0 bridgehead atoms. The Morgan fingerprint density at radius 1 is 0.931 bits per heavy atom. The van der Waals surface area contributed by atoms with Crippen LogP contribution in [0.4, 0.5) is 0 Å². The van der Waals surface area contributed by atoms with Gasteiger partial charge in [-0.25, -0.2) is 4.98 Å². The molecule has 0 amide bonds. The third-order valence-corrected chi connectivity index (χ3v) is 5.52. The molecule has 5 rings (SSSR count). The van der Waals surface area contributed by atoms with E-state index >= 15 is 0 Å². The van der Waals surface area contributed by atoms with Gasteiger partial charge in [-0.1, -0.05) is 65.8 Å². The fraction of sp³-hybridized carbons (Fsp3) is 0.261. The van der Waals surface area contributed by atoms with E-state index in [2.05, 4.69) is 20.3 Å². The summed E-state index contributed by atoms with van der Waals surface area (Å²) in [5, 5.41) is 11.8. The van der Waals surface area contributed by atoms with Gasteiger partial charge in [0.25, 0.3) is 0 Å². The zero-order valence-corrected chi connectivity index (χ0v) is 16.2. The minimum absolute atomic E-state index is 0.422. The lowest BCUT2D eigenvalue weighted by Gasteiger charge is -2.29. The summed E-state index contributed by atoms with van der Waals surface area (Å²) >= 11 is 0. The number of likely N-dealkylation sites (tertiary alicyclic amines) is 1. The van der Waals surface area contributed by atoms with E-state index in [1.54, 1.807) is 0 Å². The quantitative estimate of drug-likeness (QED) is 0.547. The molecule has 1 aliphatic heterocycles. The molecule has 3 heterocycles. The van der Waals surface area contributed by atoms with E-state index in [1.807, 2.05) is 66.7 Å². The number of hydrogen-bond acceptors (Lipinski definition) is 5. The SMILES string of the molecule is c1ccc(-c2cc(CN3CCC(c4nc(-c5ccccc5)n[nH]4)CC3)on2)cc1. The van der Waals surface area contributed by atoms with Crippen LogP contribution in [-0.4, -0.2) is 38.3 Å². The normalized spacial score (nSPS) is 15.6. The van der Waals surface area contributed by atoms with E-state index in [4.69, 9.17) is 9.51 Å². The first-order valence-corrected chi connectivity index (χ1v) is 10.1. The second kappa shape index (κ2) is 8.01. The molecule has 0 saturated carbocycles. The number of H-pyrrole nitrogens is 1. The zero-order valence-electron chi connectivity index (χ0n) is 16.2. The fourth-order valence-electron chi connectivity index (χ4n) is 3.89. The summed E-state index contributed by atoms with van der Waals surface area (Å²) in [6, 6.07) is 22.3. The highest BCUT2D eigenvalue weighted by molar-refractivity contribution is 5.58. The average molecular weight is 385 g/mol. The van der Waals surface area contributed by atoms with Crippen molar-refractivity contribution in [3.05, 3.63) is 78.3 Å². The molecule has 1 fully saturated rings. The van der Waals surface area contributed by atoms with Crippen LogP contribution in [0.2, 0.25) is 0 Å². The van der Waals surface area contributed by atoms with Crippen LogP contribution in [0.5, 0.6) is 0 Å². The van der Waals surface area contributed by atoms with Crippen molar-refractivity contribution in [3.8, 4) is 22.6 Å². The Labute approximate surface area is 169 Å². The van der Waals surface area contributed by atoms with Gasteiger partial charge in [-0.05, 0) is 25.9 Å². The maximum absolute atomic E-state index is 5.57. The molecule has 2 aromatic carbocycles. The number of benzene rings is 2. The first-order chi connectivity index (χ1) is 14.3. The second-order valence-electron chi connectivity index (χ2n) is 7.51. The van der Waals surface area contributed by atoms with Crippen LogP contribution in [0.15, 0.2) is 71.3 Å². The minimum atomic E-state index is 0.422. The van der Waals surface area contributed by atoms with Gasteiger partial charge in [0, 0.05) is 23.1 Å². The maximum atomic E-state index is 5.57. The van der Waals surface area contributed by atoms with E-state index in [1.165, 1.54) is 0 Å². The first kappa shape index (κ1) is 17.8. The molecule has 1 saturated heterocycles. The first-order valence-electron chi connectivity index (χ1n) is 10.1. The average Bonchev–Trinajstić information content (AvgIpc) is 3.46. The van der Waals surface area contributed by atoms with Crippen LogP contribution >= 0.6 is 0 Å². The number of nitrogens with one attached hydrogen (secondary N) is 1. The molecule has 0 radical (unpaired) electrons. The summed E-state index contributed by atoms with van der Waals surface area (Å²) in [4.78, 5) is 7.15. The van der Waals surface area contributed by atoms with Crippen LogP contribution in [-0.2, 0) is 6.54 Å². The molecule has 2 aromatic heterocycles. The lowest BCUT2D eigenvalue weighted by molar-refractivity contribution is 0.182. The Kier molecular flexibility index (Phi) is 4.92. The van der Waals surface area contributed by atoms with Crippen molar-refractivity contribution in [1.82, 2.24) is 25.2 Å². The summed E-state index contributed by atoms with van der Waals surface area (Å²) < 4.78 is 5.57. The van der Waals surface area contributed by atoms with E-state index < -0.39 is 0 Å². The van der Waals surface area contributed by atoms with Crippen LogP contribution in [0.3, 0.4) is 0 Å². The molecule has 0 aliphatic carbocycles. The van der Waals surface area contributed by atoms with Crippen LogP contribution in [0.25, 0.3) is 22.6 Å². The molecule has 0 spiro atoms. The third-order valence-electron chi connectivity index (χ3n) is 5.52. The van der Waals surface area contributed by atoms with Crippen molar-refractivity contribution in [2.24, 2.45) is 0 Å². The van der Waals surface area contributed by atoms with Crippen molar-refractivity contribution in [2.45, 2.75) is 25.3 Å². The Balaban J connectivity index is 1.18. The van der Waals surface area contributed by atoms with Crippen molar-refractivity contribution in [2.75, 3.05) is 13.1 Å². The summed E-state index contributed by atoms with van der Waals surface area (Å²) in [7, 11) is 0. The topological polar surface area (TPSA) is 70.8 Å². The molecule has 146 valence electrons. The van der Waals surface area contributed by atoms with Crippen LogP contribution in [0.1, 0.15) is 30.3 Å². The molecule has 1 N–H and O–H groups in total. The number of hydrogen-bond donors (Lipinski definition) is 1. The smallest absolute Gasteiger partial charge is 0.181 e. The second-order valence-corrected chi connectivity index (χ2v) is 7.51. The van der Waals surface area contributed by atoms with Crippen molar-refractivity contribution >= 4 is 0 Å². The number of nitrogens with zero attached hydrogens (tertiary/aromatic N) is 4. The molecular weight excluding hydrogens is 362 g/mol. The van der Waals surface area contributed by atoms with Gasteiger partial charge in [-0.15, -0.1) is 0 Å². The van der Waals surface area contributed by atoms with Gasteiger partial charge < -0.3 is 4.52 Å². The van der Waals surface area contributed by atoms with Crippen molar-refractivity contribution in [1.29, 1.82) is 0 Å². The van der Waals surface area contributed by atoms with Gasteiger partial charge in [-0.2, -0.15) is 5.10 Å². The van der Waals surface area contributed by atoms with E-state index in [0.717, 1.165) is 66.7 Å². The summed E-state index contributed by atoms with van der Waals surface area (Å²) in [5.41, 5.74) is 3.03. The van der Waals surface area contributed by atoms with Gasteiger partial charge in [0.15, 0.2) is 11.6 Å². The molecule has 0 atom stereocenters. The predicted octanol–water partition coefficient (Wildman–Crippen LogP) is 4.51. The molecule has 4 aromatic rings. The molecule has 6 heteroatoms. The van der Waals surface area contributed by atoms with Gasteiger partial charge in [0.2, 0.25) is 0 Å². The van der Waals surface area contributed by atoms with Gasteiger partial charge in [0.1, 0.15) is 11.5 Å². The highest BCUT2D eigenvalue weighted by Crippen LogP contribution is 2.28. The Bertz CT molecular complexity index is 1050. The molecule has 6 nitrogen and oxygen atoms in total. The number of piperidine rings is 1. The summed E-state index contributed by atoms with van der Waals surface area (Å²) in [6.45, 7) is 2.80. The maximum Gasteiger partial charge on any atom is 0.181 e. The van der Waals surface area contributed by atoms with E-state index in [0.29, 0.717) is 5.92 Å². The van der Waals surface area contributed by atoms with Gasteiger partial charge >= 0.3 is 0 Å². The lowest BCUT2D eigenvalue weighted by Crippen LogP contribution is -2.32. The zero-order chi connectivity index (χ0) is 19.5. The van der Waals surface area contributed by atoms with E-state index in [9.17, 15) is 0 Å². The van der Waals surface area contributed by atoms with Crippen molar-refractivity contribution < 1.29 is 4.52 Å². The highest BCUT2D eigenvalue weighted by Gasteiger charge is 2.24. The standard InChI is InChI=1S/C23H23N5O/c1-3-7-17(8-4-1)21-15-20(29-27-21)16-28-13-11-19(12-14-28)23-24-22(25-26-23)18-9-5-2-6-10-18/h1-10,15,19H,11-14,16H2,(H,24,25,26). The van der Waals surface area contributed by atoms with Gasteiger partial charge in [-0.3, -0.25) is 10.00 Å². The monoisotopic (exact) mass is 385 g/mol. The molecule has 0 unspecified atom stereocenters. The Morgan fingerprint density at radius 3 is 2.34 bits per heavy atom. The number of aromatic nitrogens is 4. The molecule has 29 heavy (non-hydrogen) atoms. The lowest BCUT2D eigenvalue weighted by atomic mass is 9.96. The largest absolute Gasteiger partial charge is 0.359 e. The van der Waals surface area contributed by atoms with Crippen molar-refractivity contribution in [3.63, 3.8) is 0 Å². The molecule has 1 aliphatic rings. The number of rotatable bonds is 5. The fourth-order valence-corrected chi connectivity index (χ4v) is 3.89. The van der Waals surface area contributed by atoms with Crippen LogP contribution < -0.4 is 0 Å². The highest BCUT2D eigenvalue weighted by atomic mass is 16.5. The Hall–Kier alpha value is -3.25.